The summed E-state index contributed by atoms with van der Waals surface area (Å²) in [7, 11) is 0. The maximum Gasteiger partial charge on any atom is 0.338 e. The molecule has 6 heteroatoms. The van der Waals surface area contributed by atoms with E-state index in [0.29, 0.717) is 5.92 Å². The van der Waals surface area contributed by atoms with Gasteiger partial charge in [0.1, 0.15) is 0 Å². The van der Waals surface area contributed by atoms with Crippen molar-refractivity contribution in [3.05, 3.63) is 34.9 Å². The van der Waals surface area contributed by atoms with Crippen molar-refractivity contribution in [2.75, 3.05) is 6.61 Å². The molecule has 0 saturated heterocycles. The van der Waals surface area contributed by atoms with Crippen molar-refractivity contribution >= 4 is 17.9 Å². The zero-order valence-corrected chi connectivity index (χ0v) is 12.0. The van der Waals surface area contributed by atoms with E-state index in [1.807, 2.05) is 0 Å². The summed E-state index contributed by atoms with van der Waals surface area (Å²) < 4.78 is 5.03. The van der Waals surface area contributed by atoms with Gasteiger partial charge in [0.25, 0.3) is 0 Å². The van der Waals surface area contributed by atoms with Gasteiger partial charge in [0, 0.05) is 0 Å². The predicted octanol–water partition coefficient (Wildman–Crippen LogP) is 2.68. The number of aromatic carboxylic acids is 2. The van der Waals surface area contributed by atoms with E-state index in [1.54, 1.807) is 0 Å². The van der Waals surface area contributed by atoms with E-state index in [4.69, 9.17) is 14.9 Å². The monoisotopic (exact) mass is 294 g/mol. The van der Waals surface area contributed by atoms with Crippen LogP contribution in [-0.2, 0) is 4.74 Å². The van der Waals surface area contributed by atoms with Crippen LogP contribution in [0.1, 0.15) is 57.8 Å². The second kappa shape index (κ2) is 7.42. The Kier molecular flexibility index (Phi) is 5.90. The molecule has 0 bridgehead atoms. The second-order valence-electron chi connectivity index (χ2n) is 5.04. The van der Waals surface area contributed by atoms with Gasteiger partial charge in [0.2, 0.25) is 0 Å². The Hall–Kier alpha value is -2.37. The number of hydrogen-bond donors (Lipinski definition) is 2. The van der Waals surface area contributed by atoms with Crippen molar-refractivity contribution in [3.8, 4) is 0 Å². The molecule has 1 aromatic rings. The third-order valence-electron chi connectivity index (χ3n) is 2.88. The maximum absolute atomic E-state index is 11.8. The van der Waals surface area contributed by atoms with E-state index in [0.717, 1.165) is 25.0 Å². The molecule has 0 atom stereocenters. The maximum atomic E-state index is 11.8. The first-order valence-corrected chi connectivity index (χ1v) is 6.60. The van der Waals surface area contributed by atoms with E-state index >= 15 is 0 Å². The van der Waals surface area contributed by atoms with Crippen LogP contribution in [0.5, 0.6) is 0 Å². The molecule has 0 unspecified atom stereocenters. The van der Waals surface area contributed by atoms with Gasteiger partial charge in [-0.2, -0.15) is 0 Å². The van der Waals surface area contributed by atoms with Crippen LogP contribution >= 0.6 is 0 Å². The molecule has 114 valence electrons. The van der Waals surface area contributed by atoms with Gasteiger partial charge in [-0.3, -0.25) is 0 Å². The number of esters is 1. The number of benzene rings is 1. The Morgan fingerprint density at radius 1 is 1.10 bits per heavy atom. The van der Waals surface area contributed by atoms with Crippen molar-refractivity contribution in [2.45, 2.75) is 26.7 Å². The van der Waals surface area contributed by atoms with Gasteiger partial charge < -0.3 is 14.9 Å². The number of rotatable bonds is 7. The fourth-order valence-electron chi connectivity index (χ4n) is 1.77. The van der Waals surface area contributed by atoms with Crippen molar-refractivity contribution < 1.29 is 29.3 Å². The summed E-state index contributed by atoms with van der Waals surface area (Å²) in [5.41, 5.74) is -0.764. The Bertz CT molecular complexity index is 547. The van der Waals surface area contributed by atoms with Crippen LogP contribution in [0, 0.1) is 5.92 Å². The van der Waals surface area contributed by atoms with E-state index in [-0.39, 0.29) is 17.7 Å². The number of carbonyl (C=O) groups is 3. The number of ether oxygens (including phenoxy) is 1. The van der Waals surface area contributed by atoms with Gasteiger partial charge in [-0.1, -0.05) is 13.8 Å². The van der Waals surface area contributed by atoms with E-state index < -0.39 is 23.5 Å². The lowest BCUT2D eigenvalue weighted by atomic mass is 10.0. The molecule has 0 amide bonds. The lowest BCUT2D eigenvalue weighted by Gasteiger charge is -2.08. The largest absolute Gasteiger partial charge is 0.478 e. The Balaban J connectivity index is 2.79. The molecule has 2 N–H and O–H groups in total. The third-order valence-corrected chi connectivity index (χ3v) is 2.88. The van der Waals surface area contributed by atoms with Crippen LogP contribution in [0.3, 0.4) is 0 Å². The standard InChI is InChI=1S/C15H18O6/c1-9(2)4-3-7-21-15(20)10-5-6-11(13(16)17)12(8-10)14(18)19/h5-6,8-9H,3-4,7H2,1-2H3,(H,16,17)(H,18,19). The molecule has 1 aromatic carbocycles. The van der Waals surface area contributed by atoms with Crippen LogP contribution in [0.2, 0.25) is 0 Å². The van der Waals surface area contributed by atoms with Gasteiger partial charge in [0.05, 0.1) is 23.3 Å². The molecule has 0 fully saturated rings. The van der Waals surface area contributed by atoms with Gasteiger partial charge in [-0.25, -0.2) is 14.4 Å². The SMILES string of the molecule is CC(C)CCCOC(=O)c1ccc(C(=O)O)c(C(=O)O)c1. The number of carboxylic acid groups (broad SMARTS) is 2. The fraction of sp³-hybridized carbons (Fsp3) is 0.400. The smallest absolute Gasteiger partial charge is 0.338 e. The van der Waals surface area contributed by atoms with Crippen molar-refractivity contribution in [2.24, 2.45) is 5.92 Å². The minimum Gasteiger partial charge on any atom is -0.478 e. The first-order valence-electron chi connectivity index (χ1n) is 6.60. The average molecular weight is 294 g/mol. The summed E-state index contributed by atoms with van der Waals surface area (Å²) in [6.45, 7) is 4.37. The molecule has 0 radical (unpaired) electrons. The summed E-state index contributed by atoms with van der Waals surface area (Å²) >= 11 is 0. The highest BCUT2D eigenvalue weighted by Crippen LogP contribution is 2.14. The first-order chi connectivity index (χ1) is 9.82. The molecule has 0 aliphatic heterocycles. The quantitative estimate of drug-likeness (QED) is 0.592. The van der Waals surface area contributed by atoms with Crippen LogP contribution < -0.4 is 0 Å². The van der Waals surface area contributed by atoms with Gasteiger partial charge in [-0.15, -0.1) is 0 Å². The van der Waals surface area contributed by atoms with Crippen LogP contribution in [-0.4, -0.2) is 34.7 Å². The highest BCUT2D eigenvalue weighted by atomic mass is 16.5. The second-order valence-corrected chi connectivity index (χ2v) is 5.04. The van der Waals surface area contributed by atoms with E-state index in [2.05, 4.69) is 13.8 Å². The number of carbonyl (C=O) groups excluding carboxylic acids is 1. The number of hydrogen-bond acceptors (Lipinski definition) is 4. The van der Waals surface area contributed by atoms with Crippen LogP contribution in [0.15, 0.2) is 18.2 Å². The van der Waals surface area contributed by atoms with Gasteiger partial charge in [0.15, 0.2) is 0 Å². The average Bonchev–Trinajstić information content (AvgIpc) is 2.42. The first kappa shape index (κ1) is 16.7. The molecule has 0 saturated carbocycles. The molecule has 21 heavy (non-hydrogen) atoms. The fourth-order valence-corrected chi connectivity index (χ4v) is 1.77. The molecule has 0 heterocycles. The van der Waals surface area contributed by atoms with Crippen molar-refractivity contribution in [1.29, 1.82) is 0 Å². The summed E-state index contributed by atoms with van der Waals surface area (Å²) in [5.74, 6) is -2.90. The van der Waals surface area contributed by atoms with Crippen molar-refractivity contribution in [1.82, 2.24) is 0 Å². The van der Waals surface area contributed by atoms with Gasteiger partial charge in [-0.05, 0) is 37.0 Å². The molecule has 0 aromatic heterocycles. The summed E-state index contributed by atoms with van der Waals surface area (Å²) in [4.78, 5) is 33.7. The summed E-state index contributed by atoms with van der Waals surface area (Å²) in [6.07, 6.45) is 1.65. The highest BCUT2D eigenvalue weighted by molar-refractivity contribution is 6.03. The topological polar surface area (TPSA) is 101 Å². The molecule has 0 aliphatic carbocycles. The molecule has 0 aliphatic rings. The normalized spacial score (nSPS) is 10.4. The summed E-state index contributed by atoms with van der Waals surface area (Å²) in [5, 5.41) is 17.9. The number of carboxylic acids is 2. The highest BCUT2D eigenvalue weighted by Gasteiger charge is 2.19. The zero-order chi connectivity index (χ0) is 16.0. The van der Waals surface area contributed by atoms with Crippen LogP contribution in [0.25, 0.3) is 0 Å². The Labute approximate surface area is 122 Å². The predicted molar refractivity (Wildman–Crippen MR) is 74.7 cm³/mol. The molecule has 1 rings (SSSR count). The van der Waals surface area contributed by atoms with Crippen LogP contribution in [0.4, 0.5) is 0 Å². The lowest BCUT2D eigenvalue weighted by molar-refractivity contribution is 0.0493. The lowest BCUT2D eigenvalue weighted by Crippen LogP contribution is -2.12. The van der Waals surface area contributed by atoms with E-state index in [1.165, 1.54) is 6.07 Å². The minimum atomic E-state index is -1.40. The molecular formula is C15H18O6. The zero-order valence-electron chi connectivity index (χ0n) is 12.0. The molecular weight excluding hydrogens is 276 g/mol. The molecule has 0 spiro atoms. The Morgan fingerprint density at radius 3 is 2.24 bits per heavy atom. The molecule has 6 nitrogen and oxygen atoms in total. The minimum absolute atomic E-state index is 0.0296. The Morgan fingerprint density at radius 2 is 1.71 bits per heavy atom. The third kappa shape index (κ3) is 4.91. The van der Waals surface area contributed by atoms with Gasteiger partial charge >= 0.3 is 17.9 Å². The van der Waals surface area contributed by atoms with E-state index in [9.17, 15) is 14.4 Å². The summed E-state index contributed by atoms with van der Waals surface area (Å²) in [6, 6.07) is 3.37. The van der Waals surface area contributed by atoms with Crippen molar-refractivity contribution in [3.63, 3.8) is 0 Å².